The van der Waals surface area contributed by atoms with Gasteiger partial charge in [-0.25, -0.2) is 0 Å². The Hall–Kier alpha value is -2.40. The van der Waals surface area contributed by atoms with E-state index in [1.807, 2.05) is 36.4 Å². The second kappa shape index (κ2) is 5.49. The number of methoxy groups -OCH3 is 1. The fourth-order valence-electron chi connectivity index (χ4n) is 2.15. The molecule has 0 amide bonds. The minimum atomic E-state index is 0.829. The van der Waals surface area contributed by atoms with Crippen molar-refractivity contribution in [2.45, 2.75) is 6.92 Å². The standard InChI is InChI=1S/C17H17NO/c1-5-14-9-12-17(18(6-2)13(14)3)15-7-10-16(19-4)11-8-15/h1,7-12H,3,6H2,2,4H3. The van der Waals surface area contributed by atoms with Crippen molar-refractivity contribution in [2.75, 3.05) is 13.7 Å². The summed E-state index contributed by atoms with van der Waals surface area (Å²) in [6.45, 7) is 6.99. The smallest absolute Gasteiger partial charge is 0.118 e. The van der Waals surface area contributed by atoms with E-state index in [0.29, 0.717) is 0 Å². The Kier molecular flexibility index (Phi) is 3.77. The fourth-order valence-corrected chi connectivity index (χ4v) is 2.15. The number of hydrogen-bond acceptors (Lipinski definition) is 2. The van der Waals surface area contributed by atoms with E-state index in [4.69, 9.17) is 11.2 Å². The maximum absolute atomic E-state index is 5.48. The number of likely N-dealkylation sites (N-methyl/N-ethyl adjacent to an activating group) is 1. The van der Waals surface area contributed by atoms with E-state index in [0.717, 1.165) is 34.8 Å². The van der Waals surface area contributed by atoms with Crippen molar-refractivity contribution in [3.8, 4) is 18.1 Å². The van der Waals surface area contributed by atoms with Crippen LogP contribution in [0.25, 0.3) is 5.70 Å². The molecular weight excluding hydrogens is 234 g/mol. The van der Waals surface area contributed by atoms with Crippen LogP contribution >= 0.6 is 0 Å². The lowest BCUT2D eigenvalue weighted by Crippen LogP contribution is -2.23. The molecule has 1 aliphatic rings. The van der Waals surface area contributed by atoms with Crippen LogP contribution in [0.1, 0.15) is 12.5 Å². The van der Waals surface area contributed by atoms with Gasteiger partial charge in [0.15, 0.2) is 0 Å². The summed E-state index contributed by atoms with van der Waals surface area (Å²) in [5.74, 6) is 3.51. The van der Waals surface area contributed by atoms with Crippen molar-refractivity contribution < 1.29 is 4.74 Å². The quantitative estimate of drug-likeness (QED) is 0.763. The molecule has 2 nitrogen and oxygen atoms in total. The first-order valence-electron chi connectivity index (χ1n) is 6.21. The van der Waals surface area contributed by atoms with Crippen LogP contribution in [0.5, 0.6) is 5.75 Å². The SMILES string of the molecule is C#CC1=CC=C(c2ccc(OC)cc2)N(CC)C1=C. The topological polar surface area (TPSA) is 12.5 Å². The van der Waals surface area contributed by atoms with Crippen molar-refractivity contribution in [1.29, 1.82) is 0 Å². The lowest BCUT2D eigenvalue weighted by atomic mass is 10.0. The van der Waals surface area contributed by atoms with E-state index < -0.39 is 0 Å². The molecule has 0 saturated heterocycles. The molecule has 1 heterocycles. The maximum Gasteiger partial charge on any atom is 0.118 e. The highest BCUT2D eigenvalue weighted by Crippen LogP contribution is 2.30. The zero-order valence-corrected chi connectivity index (χ0v) is 11.3. The first-order chi connectivity index (χ1) is 9.21. The molecule has 0 aliphatic carbocycles. The monoisotopic (exact) mass is 251 g/mol. The van der Waals surface area contributed by atoms with Gasteiger partial charge in [0.1, 0.15) is 5.75 Å². The predicted octanol–water partition coefficient (Wildman–Crippen LogP) is 3.44. The van der Waals surface area contributed by atoms with E-state index in [1.165, 1.54) is 0 Å². The Bertz CT molecular complexity index is 585. The highest BCUT2D eigenvalue weighted by atomic mass is 16.5. The van der Waals surface area contributed by atoms with Gasteiger partial charge in [-0.05, 0) is 48.9 Å². The van der Waals surface area contributed by atoms with Crippen molar-refractivity contribution >= 4 is 5.70 Å². The average molecular weight is 251 g/mol. The van der Waals surface area contributed by atoms with Gasteiger partial charge in [0.2, 0.25) is 0 Å². The Morgan fingerprint density at radius 1 is 1.26 bits per heavy atom. The molecule has 0 saturated carbocycles. The van der Waals surface area contributed by atoms with Crippen molar-refractivity contribution in [2.24, 2.45) is 0 Å². The van der Waals surface area contributed by atoms with Crippen LogP contribution in [0.2, 0.25) is 0 Å². The number of benzene rings is 1. The molecule has 1 aromatic carbocycles. The first-order valence-corrected chi connectivity index (χ1v) is 6.21. The molecule has 0 radical (unpaired) electrons. The van der Waals surface area contributed by atoms with Crippen LogP contribution in [-0.4, -0.2) is 18.6 Å². The summed E-state index contributed by atoms with van der Waals surface area (Å²) in [7, 11) is 1.66. The van der Waals surface area contributed by atoms with Gasteiger partial charge >= 0.3 is 0 Å². The molecular formula is C17H17NO. The van der Waals surface area contributed by atoms with E-state index >= 15 is 0 Å². The molecule has 0 aromatic heterocycles. The number of terminal acetylenes is 1. The first kappa shape index (κ1) is 13.0. The lowest BCUT2D eigenvalue weighted by molar-refractivity contribution is 0.414. The van der Waals surface area contributed by atoms with E-state index in [9.17, 15) is 0 Å². The minimum absolute atomic E-state index is 0.829. The number of allylic oxidation sites excluding steroid dienone is 3. The summed E-state index contributed by atoms with van der Waals surface area (Å²) in [5, 5.41) is 0. The van der Waals surface area contributed by atoms with Gasteiger partial charge in [0, 0.05) is 23.5 Å². The van der Waals surface area contributed by atoms with Crippen molar-refractivity contribution in [1.82, 2.24) is 4.90 Å². The van der Waals surface area contributed by atoms with Gasteiger partial charge < -0.3 is 9.64 Å². The van der Waals surface area contributed by atoms with Crippen LogP contribution in [0, 0.1) is 12.3 Å². The van der Waals surface area contributed by atoms with Crippen LogP contribution < -0.4 is 4.74 Å². The van der Waals surface area contributed by atoms with Crippen LogP contribution in [0.3, 0.4) is 0 Å². The molecule has 96 valence electrons. The number of ether oxygens (including phenoxy) is 1. The number of rotatable bonds is 3. The molecule has 2 heteroatoms. The average Bonchev–Trinajstić information content (AvgIpc) is 2.47. The molecule has 0 fully saturated rings. The third-order valence-corrected chi connectivity index (χ3v) is 3.19. The molecule has 1 aliphatic heterocycles. The zero-order valence-electron chi connectivity index (χ0n) is 11.3. The third-order valence-electron chi connectivity index (χ3n) is 3.19. The second-order valence-electron chi connectivity index (χ2n) is 4.20. The van der Waals surface area contributed by atoms with Gasteiger partial charge in [-0.1, -0.05) is 12.5 Å². The second-order valence-corrected chi connectivity index (χ2v) is 4.20. The largest absolute Gasteiger partial charge is 0.497 e. The Labute approximate surface area is 114 Å². The molecule has 0 atom stereocenters. The van der Waals surface area contributed by atoms with E-state index in [-0.39, 0.29) is 0 Å². The summed E-state index contributed by atoms with van der Waals surface area (Å²) in [4.78, 5) is 2.12. The number of hydrogen-bond donors (Lipinski definition) is 0. The normalized spacial score (nSPS) is 14.6. The molecule has 1 aromatic rings. The molecule has 19 heavy (non-hydrogen) atoms. The van der Waals surface area contributed by atoms with E-state index in [1.54, 1.807) is 7.11 Å². The van der Waals surface area contributed by atoms with Gasteiger partial charge in [-0.2, -0.15) is 0 Å². The lowest BCUT2D eigenvalue weighted by Gasteiger charge is -2.30. The molecule has 0 N–H and O–H groups in total. The van der Waals surface area contributed by atoms with E-state index in [2.05, 4.69) is 24.3 Å². The number of nitrogens with zero attached hydrogens (tertiary/aromatic N) is 1. The maximum atomic E-state index is 5.48. The summed E-state index contributed by atoms with van der Waals surface area (Å²) >= 11 is 0. The van der Waals surface area contributed by atoms with Crippen LogP contribution in [-0.2, 0) is 0 Å². The minimum Gasteiger partial charge on any atom is -0.497 e. The van der Waals surface area contributed by atoms with Gasteiger partial charge in [-0.15, -0.1) is 6.42 Å². The Morgan fingerprint density at radius 2 is 1.95 bits per heavy atom. The third kappa shape index (κ3) is 2.41. The van der Waals surface area contributed by atoms with Gasteiger partial charge in [-0.3, -0.25) is 0 Å². The molecule has 2 rings (SSSR count). The molecule has 0 spiro atoms. The predicted molar refractivity (Wildman–Crippen MR) is 79.4 cm³/mol. The van der Waals surface area contributed by atoms with Crippen LogP contribution in [0.15, 0.2) is 54.3 Å². The highest BCUT2D eigenvalue weighted by Gasteiger charge is 2.18. The van der Waals surface area contributed by atoms with Gasteiger partial charge in [0.25, 0.3) is 0 Å². The summed E-state index contributed by atoms with van der Waals surface area (Å²) in [6, 6.07) is 7.98. The zero-order chi connectivity index (χ0) is 13.8. The van der Waals surface area contributed by atoms with Gasteiger partial charge in [0.05, 0.1) is 7.11 Å². The summed E-state index contributed by atoms with van der Waals surface area (Å²) in [5.41, 5.74) is 3.93. The Morgan fingerprint density at radius 3 is 2.47 bits per heavy atom. The summed E-state index contributed by atoms with van der Waals surface area (Å²) in [6.07, 6.45) is 9.46. The molecule has 0 bridgehead atoms. The van der Waals surface area contributed by atoms with Crippen molar-refractivity contribution in [3.63, 3.8) is 0 Å². The summed E-state index contributed by atoms with van der Waals surface area (Å²) < 4.78 is 5.18. The highest BCUT2D eigenvalue weighted by molar-refractivity contribution is 5.72. The Balaban J connectivity index is 2.42. The van der Waals surface area contributed by atoms with Crippen molar-refractivity contribution in [3.05, 3.63) is 59.8 Å². The van der Waals surface area contributed by atoms with Crippen LogP contribution in [0.4, 0.5) is 0 Å². The molecule has 0 unspecified atom stereocenters. The fraction of sp³-hybridized carbons (Fsp3) is 0.176.